The molecule has 0 unspecified atom stereocenters. The summed E-state index contributed by atoms with van der Waals surface area (Å²) in [7, 11) is 0. The van der Waals surface area contributed by atoms with Crippen molar-refractivity contribution < 1.29 is 0 Å². The van der Waals surface area contributed by atoms with E-state index in [0.29, 0.717) is 0 Å². The van der Waals surface area contributed by atoms with E-state index in [-0.39, 0.29) is 0 Å². The molecule has 0 aromatic carbocycles. The monoisotopic (exact) mass is 254 g/mol. The summed E-state index contributed by atoms with van der Waals surface area (Å²) in [5.41, 5.74) is 0. The molecule has 1 aliphatic heterocycles. The van der Waals surface area contributed by atoms with Gasteiger partial charge in [-0.15, -0.1) is 0 Å². The first-order valence-electron chi connectivity index (χ1n) is 8.22. The molecule has 0 spiro atoms. The van der Waals surface area contributed by atoms with Gasteiger partial charge in [-0.2, -0.15) is 0 Å². The number of rotatable bonds is 11. The molecule has 0 aliphatic carbocycles. The zero-order valence-electron chi connectivity index (χ0n) is 12.7. The lowest BCUT2D eigenvalue weighted by Gasteiger charge is -2.14. The maximum Gasteiger partial charge on any atom is -0.000664 e. The Morgan fingerprint density at radius 3 is 2.28 bits per heavy atom. The van der Waals surface area contributed by atoms with Crippen LogP contribution in [-0.2, 0) is 0 Å². The van der Waals surface area contributed by atoms with Crippen LogP contribution in [-0.4, -0.2) is 37.6 Å². The van der Waals surface area contributed by atoms with Crippen LogP contribution in [0.25, 0.3) is 0 Å². The van der Waals surface area contributed by atoms with Crippen molar-refractivity contribution in [2.24, 2.45) is 5.92 Å². The first kappa shape index (κ1) is 16.0. The number of hydrogen-bond donors (Lipinski definition) is 1. The van der Waals surface area contributed by atoms with Gasteiger partial charge in [0, 0.05) is 0 Å². The van der Waals surface area contributed by atoms with Crippen LogP contribution in [0, 0.1) is 5.92 Å². The minimum absolute atomic E-state index is 0.883. The molecule has 108 valence electrons. The molecule has 0 aromatic rings. The Morgan fingerprint density at radius 2 is 1.56 bits per heavy atom. The second-order valence-corrected chi connectivity index (χ2v) is 6.25. The Morgan fingerprint density at radius 1 is 0.889 bits per heavy atom. The lowest BCUT2D eigenvalue weighted by molar-refractivity contribution is 0.331. The van der Waals surface area contributed by atoms with Gasteiger partial charge in [0.15, 0.2) is 0 Å². The zero-order chi connectivity index (χ0) is 13.1. The van der Waals surface area contributed by atoms with Gasteiger partial charge in [0.1, 0.15) is 0 Å². The summed E-state index contributed by atoms with van der Waals surface area (Å²) in [4.78, 5) is 2.60. The molecule has 0 saturated carbocycles. The summed E-state index contributed by atoms with van der Waals surface area (Å²) in [5.74, 6) is 0.883. The van der Waals surface area contributed by atoms with Crippen molar-refractivity contribution in [1.82, 2.24) is 10.2 Å². The minimum atomic E-state index is 0.883. The van der Waals surface area contributed by atoms with Gasteiger partial charge >= 0.3 is 0 Å². The highest BCUT2D eigenvalue weighted by Crippen LogP contribution is 2.09. The third-order valence-corrected chi connectivity index (χ3v) is 3.91. The fourth-order valence-corrected chi connectivity index (χ4v) is 2.72. The summed E-state index contributed by atoms with van der Waals surface area (Å²) < 4.78 is 0. The minimum Gasteiger partial charge on any atom is -0.317 e. The van der Waals surface area contributed by atoms with Crippen molar-refractivity contribution in [3.8, 4) is 0 Å². The molecule has 0 amide bonds. The van der Waals surface area contributed by atoms with Crippen molar-refractivity contribution in [3.05, 3.63) is 0 Å². The summed E-state index contributed by atoms with van der Waals surface area (Å²) in [6, 6.07) is 0. The van der Waals surface area contributed by atoms with Crippen LogP contribution in [0.2, 0.25) is 0 Å². The highest BCUT2D eigenvalue weighted by molar-refractivity contribution is 4.66. The lowest BCUT2D eigenvalue weighted by Crippen LogP contribution is -2.25. The van der Waals surface area contributed by atoms with Gasteiger partial charge in [-0.1, -0.05) is 39.5 Å². The van der Waals surface area contributed by atoms with Crippen LogP contribution in [0.1, 0.15) is 65.2 Å². The Bertz CT molecular complexity index is 174. The topological polar surface area (TPSA) is 15.3 Å². The van der Waals surface area contributed by atoms with Crippen molar-refractivity contribution in [1.29, 1.82) is 0 Å². The predicted molar refractivity (Wildman–Crippen MR) is 81.1 cm³/mol. The van der Waals surface area contributed by atoms with Gasteiger partial charge in [-0.25, -0.2) is 0 Å². The molecule has 1 fully saturated rings. The SMILES string of the molecule is CC(C)CCCCCCNCCCN1CCCC1. The molecule has 1 saturated heterocycles. The fraction of sp³-hybridized carbons (Fsp3) is 1.00. The maximum atomic E-state index is 3.58. The first-order chi connectivity index (χ1) is 8.79. The van der Waals surface area contributed by atoms with E-state index < -0.39 is 0 Å². The zero-order valence-corrected chi connectivity index (χ0v) is 12.7. The summed E-state index contributed by atoms with van der Waals surface area (Å²) in [5, 5.41) is 3.58. The Balaban J connectivity index is 1.70. The van der Waals surface area contributed by atoms with Crippen molar-refractivity contribution in [3.63, 3.8) is 0 Å². The number of nitrogens with one attached hydrogen (secondary N) is 1. The fourth-order valence-electron chi connectivity index (χ4n) is 2.72. The normalized spacial score (nSPS) is 16.8. The van der Waals surface area contributed by atoms with Crippen molar-refractivity contribution in [2.75, 3.05) is 32.7 Å². The Hall–Kier alpha value is -0.0800. The van der Waals surface area contributed by atoms with Crippen LogP contribution in [0.15, 0.2) is 0 Å². The molecule has 1 rings (SSSR count). The second-order valence-electron chi connectivity index (χ2n) is 6.25. The standard InChI is InChI=1S/C16H34N2/c1-16(2)10-5-3-4-6-11-17-12-9-15-18-13-7-8-14-18/h16-17H,3-15H2,1-2H3. The predicted octanol–water partition coefficient (Wildman–Crippen LogP) is 3.67. The molecular weight excluding hydrogens is 220 g/mol. The quantitative estimate of drug-likeness (QED) is 0.566. The molecule has 18 heavy (non-hydrogen) atoms. The largest absolute Gasteiger partial charge is 0.317 e. The third kappa shape index (κ3) is 8.93. The molecular formula is C16H34N2. The highest BCUT2D eigenvalue weighted by atomic mass is 15.1. The van der Waals surface area contributed by atoms with E-state index in [0.717, 1.165) is 5.92 Å². The first-order valence-corrected chi connectivity index (χ1v) is 8.22. The summed E-state index contributed by atoms with van der Waals surface area (Å²) in [6.07, 6.45) is 11.2. The summed E-state index contributed by atoms with van der Waals surface area (Å²) >= 11 is 0. The molecule has 1 heterocycles. The van der Waals surface area contributed by atoms with Gasteiger partial charge in [-0.05, 0) is 64.3 Å². The van der Waals surface area contributed by atoms with E-state index in [1.54, 1.807) is 0 Å². The average molecular weight is 254 g/mol. The number of unbranched alkanes of at least 4 members (excludes halogenated alkanes) is 3. The molecule has 1 aliphatic rings. The van der Waals surface area contributed by atoms with Gasteiger partial charge in [0.2, 0.25) is 0 Å². The van der Waals surface area contributed by atoms with E-state index >= 15 is 0 Å². The van der Waals surface area contributed by atoms with Gasteiger partial charge in [0.25, 0.3) is 0 Å². The van der Waals surface area contributed by atoms with Crippen molar-refractivity contribution in [2.45, 2.75) is 65.2 Å². The number of hydrogen-bond acceptors (Lipinski definition) is 2. The molecule has 0 atom stereocenters. The molecule has 2 nitrogen and oxygen atoms in total. The highest BCUT2D eigenvalue weighted by Gasteiger charge is 2.09. The van der Waals surface area contributed by atoms with Crippen LogP contribution in [0.5, 0.6) is 0 Å². The molecule has 0 bridgehead atoms. The number of likely N-dealkylation sites (tertiary alicyclic amines) is 1. The van der Waals surface area contributed by atoms with Crippen molar-refractivity contribution >= 4 is 0 Å². The summed E-state index contributed by atoms with van der Waals surface area (Å²) in [6.45, 7) is 11.1. The Kier molecular flexibility index (Phi) is 9.59. The molecule has 2 heteroatoms. The smallest absolute Gasteiger partial charge is 0.000664 e. The lowest BCUT2D eigenvalue weighted by atomic mass is 10.0. The van der Waals surface area contributed by atoms with Gasteiger partial charge < -0.3 is 10.2 Å². The van der Waals surface area contributed by atoms with Crippen LogP contribution < -0.4 is 5.32 Å². The van der Waals surface area contributed by atoms with E-state index in [4.69, 9.17) is 0 Å². The number of nitrogens with zero attached hydrogens (tertiary/aromatic N) is 1. The van der Waals surface area contributed by atoms with Gasteiger partial charge in [-0.3, -0.25) is 0 Å². The average Bonchev–Trinajstić information content (AvgIpc) is 2.84. The third-order valence-electron chi connectivity index (χ3n) is 3.91. The van der Waals surface area contributed by atoms with Crippen LogP contribution in [0.3, 0.4) is 0 Å². The second kappa shape index (κ2) is 10.8. The van der Waals surface area contributed by atoms with E-state index in [1.807, 2.05) is 0 Å². The van der Waals surface area contributed by atoms with E-state index in [1.165, 1.54) is 84.1 Å². The molecule has 1 N–H and O–H groups in total. The maximum absolute atomic E-state index is 3.58. The van der Waals surface area contributed by atoms with E-state index in [2.05, 4.69) is 24.1 Å². The van der Waals surface area contributed by atoms with Crippen LogP contribution in [0.4, 0.5) is 0 Å². The molecule has 0 radical (unpaired) electrons. The Labute approximate surface area is 115 Å². The molecule has 0 aromatic heterocycles. The van der Waals surface area contributed by atoms with E-state index in [9.17, 15) is 0 Å². The van der Waals surface area contributed by atoms with Crippen LogP contribution >= 0.6 is 0 Å². The van der Waals surface area contributed by atoms with Gasteiger partial charge in [0.05, 0.1) is 0 Å².